The summed E-state index contributed by atoms with van der Waals surface area (Å²) in [7, 11) is 0. The van der Waals surface area contributed by atoms with Gasteiger partial charge in [0.05, 0.1) is 0 Å². The van der Waals surface area contributed by atoms with E-state index < -0.39 is 0 Å². The van der Waals surface area contributed by atoms with Gasteiger partial charge in [-0.05, 0) is 55.2 Å². The van der Waals surface area contributed by atoms with E-state index >= 15 is 0 Å². The average Bonchev–Trinajstić information content (AvgIpc) is 3.01. The normalized spacial score (nSPS) is 34.1. The lowest BCUT2D eigenvalue weighted by Gasteiger charge is -2.11. The topological polar surface area (TPSA) is 26.0 Å². The van der Waals surface area contributed by atoms with Gasteiger partial charge in [-0.15, -0.1) is 0 Å². The molecule has 2 unspecified atom stereocenters. The molecule has 2 N–H and O–H groups in total. The van der Waals surface area contributed by atoms with Crippen LogP contribution in [0.2, 0.25) is 0 Å². The van der Waals surface area contributed by atoms with E-state index in [9.17, 15) is 0 Å². The molecule has 2 saturated carbocycles. The van der Waals surface area contributed by atoms with Crippen molar-refractivity contribution in [2.75, 3.05) is 0 Å². The van der Waals surface area contributed by atoms with E-state index in [1.54, 1.807) is 0 Å². The Morgan fingerprint density at radius 3 is 2.87 bits per heavy atom. The number of halogens is 1. The van der Waals surface area contributed by atoms with Crippen molar-refractivity contribution in [3.63, 3.8) is 0 Å². The van der Waals surface area contributed by atoms with Gasteiger partial charge in [-0.1, -0.05) is 28.1 Å². The maximum Gasteiger partial charge on any atom is 0.0230 e. The standard InChI is InChI=1S/C13H16BrN/c14-11-3-1-2-9(6-11)7-13(15)8-12(13)10-4-5-10/h1-3,6,10,12H,4-5,7-8,15H2. The molecular weight excluding hydrogens is 250 g/mol. The summed E-state index contributed by atoms with van der Waals surface area (Å²) < 4.78 is 1.16. The van der Waals surface area contributed by atoms with Crippen molar-refractivity contribution in [3.8, 4) is 0 Å². The van der Waals surface area contributed by atoms with E-state index in [1.807, 2.05) is 0 Å². The minimum absolute atomic E-state index is 0.127. The molecule has 2 aliphatic carbocycles. The fourth-order valence-electron chi connectivity index (χ4n) is 2.72. The molecule has 15 heavy (non-hydrogen) atoms. The van der Waals surface area contributed by atoms with E-state index in [0.29, 0.717) is 0 Å². The van der Waals surface area contributed by atoms with Crippen molar-refractivity contribution >= 4 is 15.9 Å². The van der Waals surface area contributed by atoms with E-state index in [2.05, 4.69) is 40.2 Å². The molecule has 2 fully saturated rings. The van der Waals surface area contributed by atoms with Crippen molar-refractivity contribution in [1.29, 1.82) is 0 Å². The molecule has 0 aliphatic heterocycles. The summed E-state index contributed by atoms with van der Waals surface area (Å²) in [5, 5.41) is 0. The van der Waals surface area contributed by atoms with Gasteiger partial charge in [0.1, 0.15) is 0 Å². The van der Waals surface area contributed by atoms with Crippen molar-refractivity contribution in [2.24, 2.45) is 17.6 Å². The van der Waals surface area contributed by atoms with E-state index in [1.165, 1.54) is 24.8 Å². The summed E-state index contributed by atoms with van der Waals surface area (Å²) >= 11 is 3.51. The lowest BCUT2D eigenvalue weighted by Crippen LogP contribution is -2.28. The molecule has 1 aromatic carbocycles. The number of nitrogens with two attached hydrogens (primary N) is 1. The van der Waals surface area contributed by atoms with Crippen LogP contribution in [-0.2, 0) is 6.42 Å². The first-order chi connectivity index (χ1) is 7.17. The van der Waals surface area contributed by atoms with Gasteiger partial charge in [-0.3, -0.25) is 0 Å². The van der Waals surface area contributed by atoms with Crippen LogP contribution in [0.3, 0.4) is 0 Å². The number of rotatable bonds is 3. The Morgan fingerprint density at radius 2 is 2.20 bits per heavy atom. The van der Waals surface area contributed by atoms with E-state index in [-0.39, 0.29) is 5.54 Å². The van der Waals surface area contributed by atoms with Gasteiger partial charge in [0.15, 0.2) is 0 Å². The third kappa shape index (κ3) is 1.98. The highest BCUT2D eigenvalue weighted by molar-refractivity contribution is 9.10. The van der Waals surface area contributed by atoms with Crippen LogP contribution in [0.25, 0.3) is 0 Å². The fourth-order valence-corrected chi connectivity index (χ4v) is 3.16. The van der Waals surface area contributed by atoms with Gasteiger partial charge < -0.3 is 5.73 Å². The van der Waals surface area contributed by atoms with E-state index in [4.69, 9.17) is 5.73 Å². The summed E-state index contributed by atoms with van der Waals surface area (Å²) in [6.45, 7) is 0. The maximum atomic E-state index is 6.40. The highest BCUT2D eigenvalue weighted by Gasteiger charge is 2.56. The molecule has 0 radical (unpaired) electrons. The Kier molecular flexibility index (Phi) is 2.18. The van der Waals surface area contributed by atoms with Gasteiger partial charge in [0.2, 0.25) is 0 Å². The van der Waals surface area contributed by atoms with Gasteiger partial charge in [0, 0.05) is 10.0 Å². The molecule has 1 aromatic rings. The van der Waals surface area contributed by atoms with Gasteiger partial charge in [0.25, 0.3) is 0 Å². The third-order valence-corrected chi connectivity index (χ3v) is 4.28. The highest BCUT2D eigenvalue weighted by atomic mass is 79.9. The predicted octanol–water partition coefficient (Wildman–Crippen LogP) is 3.12. The Bertz CT molecular complexity index is 386. The van der Waals surface area contributed by atoms with Crippen LogP contribution in [0.15, 0.2) is 28.7 Å². The maximum absolute atomic E-state index is 6.40. The fraction of sp³-hybridized carbons (Fsp3) is 0.538. The summed E-state index contributed by atoms with van der Waals surface area (Å²) in [4.78, 5) is 0. The van der Waals surface area contributed by atoms with Gasteiger partial charge in [-0.25, -0.2) is 0 Å². The molecule has 1 nitrogen and oxygen atoms in total. The molecule has 80 valence electrons. The summed E-state index contributed by atoms with van der Waals surface area (Å²) in [6, 6.07) is 8.54. The van der Waals surface area contributed by atoms with Crippen LogP contribution in [0.4, 0.5) is 0 Å². The second-order valence-corrected chi connectivity index (χ2v) is 6.10. The van der Waals surface area contributed by atoms with Gasteiger partial charge >= 0.3 is 0 Å². The summed E-state index contributed by atoms with van der Waals surface area (Å²) in [5.41, 5.74) is 7.90. The highest BCUT2D eigenvalue weighted by Crippen LogP contribution is 2.56. The molecule has 0 aromatic heterocycles. The summed E-state index contributed by atoms with van der Waals surface area (Å²) in [5.74, 6) is 1.78. The molecule has 0 spiro atoms. The Balaban J connectivity index is 1.70. The van der Waals surface area contributed by atoms with Crippen molar-refractivity contribution in [1.82, 2.24) is 0 Å². The van der Waals surface area contributed by atoms with Gasteiger partial charge in [-0.2, -0.15) is 0 Å². The van der Waals surface area contributed by atoms with Crippen molar-refractivity contribution < 1.29 is 0 Å². The zero-order valence-corrected chi connectivity index (χ0v) is 10.3. The SMILES string of the molecule is NC1(Cc2cccc(Br)c2)CC1C1CC1. The lowest BCUT2D eigenvalue weighted by atomic mass is 10.0. The van der Waals surface area contributed by atoms with Crippen LogP contribution >= 0.6 is 15.9 Å². The minimum Gasteiger partial charge on any atom is -0.325 e. The number of benzene rings is 1. The Hall–Kier alpha value is -0.340. The smallest absolute Gasteiger partial charge is 0.0230 e. The molecule has 2 heteroatoms. The second kappa shape index (κ2) is 3.33. The van der Waals surface area contributed by atoms with Crippen molar-refractivity contribution in [2.45, 2.75) is 31.2 Å². The molecule has 2 aliphatic rings. The number of hydrogen-bond acceptors (Lipinski definition) is 1. The predicted molar refractivity (Wildman–Crippen MR) is 65.6 cm³/mol. The zero-order chi connectivity index (χ0) is 10.5. The van der Waals surface area contributed by atoms with E-state index in [0.717, 1.165) is 22.7 Å². The quantitative estimate of drug-likeness (QED) is 0.893. The zero-order valence-electron chi connectivity index (χ0n) is 8.75. The molecule has 0 heterocycles. The van der Waals surface area contributed by atoms with Crippen LogP contribution in [0.1, 0.15) is 24.8 Å². The monoisotopic (exact) mass is 265 g/mol. The Labute approximate surface area is 99.2 Å². The molecule has 0 amide bonds. The minimum atomic E-state index is 0.127. The molecular formula is C13H16BrN. The molecule has 2 atom stereocenters. The lowest BCUT2D eigenvalue weighted by molar-refractivity contribution is 0.548. The van der Waals surface area contributed by atoms with Crippen LogP contribution in [0.5, 0.6) is 0 Å². The summed E-state index contributed by atoms with van der Waals surface area (Å²) in [6.07, 6.45) is 5.13. The third-order valence-electron chi connectivity index (χ3n) is 3.79. The first-order valence-corrected chi connectivity index (χ1v) is 6.50. The molecule has 0 bridgehead atoms. The van der Waals surface area contributed by atoms with Crippen LogP contribution in [-0.4, -0.2) is 5.54 Å². The van der Waals surface area contributed by atoms with Crippen LogP contribution in [0, 0.1) is 11.8 Å². The first-order valence-electron chi connectivity index (χ1n) is 5.71. The largest absolute Gasteiger partial charge is 0.325 e. The average molecular weight is 266 g/mol. The van der Waals surface area contributed by atoms with Crippen molar-refractivity contribution in [3.05, 3.63) is 34.3 Å². The van der Waals surface area contributed by atoms with Crippen LogP contribution < -0.4 is 5.73 Å². The Morgan fingerprint density at radius 1 is 1.40 bits per heavy atom. The number of hydrogen-bond donors (Lipinski definition) is 1. The second-order valence-electron chi connectivity index (χ2n) is 5.19. The molecule has 0 saturated heterocycles. The first kappa shape index (κ1) is 9.86. The molecule has 3 rings (SSSR count).